The van der Waals surface area contributed by atoms with Gasteiger partial charge in [-0.1, -0.05) is 12.1 Å². The zero-order valence-electron chi connectivity index (χ0n) is 9.65. The maximum Gasteiger partial charge on any atom is 0.123 e. The Hall–Kier alpha value is -2.54. The highest BCUT2D eigenvalue weighted by atomic mass is 19.1. The number of rotatable bonds is 3. The lowest BCUT2D eigenvalue weighted by atomic mass is 10.1. The van der Waals surface area contributed by atoms with E-state index < -0.39 is 0 Å². The molecule has 18 heavy (non-hydrogen) atoms. The van der Waals surface area contributed by atoms with Crippen molar-refractivity contribution in [1.82, 2.24) is 0 Å². The van der Waals surface area contributed by atoms with Gasteiger partial charge in [0.1, 0.15) is 5.82 Å². The molecule has 0 saturated heterocycles. The summed E-state index contributed by atoms with van der Waals surface area (Å²) in [6, 6.07) is 13.4. The highest BCUT2D eigenvalue weighted by Crippen LogP contribution is 2.20. The van der Waals surface area contributed by atoms with E-state index in [4.69, 9.17) is 11.0 Å². The molecule has 0 aromatic heterocycles. The second-order valence-corrected chi connectivity index (χ2v) is 3.90. The first-order valence-corrected chi connectivity index (χ1v) is 5.47. The SMILES string of the molecule is N#Cc1ccc(N)c(NCc2cccc(F)c2)c1. The van der Waals surface area contributed by atoms with Gasteiger partial charge in [0.05, 0.1) is 23.0 Å². The first-order chi connectivity index (χ1) is 8.69. The Kier molecular flexibility index (Phi) is 3.44. The average Bonchev–Trinajstić information content (AvgIpc) is 2.38. The van der Waals surface area contributed by atoms with Gasteiger partial charge >= 0.3 is 0 Å². The molecule has 0 radical (unpaired) electrons. The van der Waals surface area contributed by atoms with Gasteiger partial charge in [0.15, 0.2) is 0 Å². The number of nitrogens with zero attached hydrogens (tertiary/aromatic N) is 1. The Labute approximate surface area is 105 Å². The van der Waals surface area contributed by atoms with E-state index in [9.17, 15) is 4.39 Å². The summed E-state index contributed by atoms with van der Waals surface area (Å²) in [7, 11) is 0. The van der Waals surface area contributed by atoms with Crippen LogP contribution in [0.1, 0.15) is 11.1 Å². The Morgan fingerprint density at radius 2 is 2.06 bits per heavy atom. The molecule has 0 atom stereocenters. The van der Waals surface area contributed by atoms with Crippen molar-refractivity contribution in [2.24, 2.45) is 0 Å². The molecule has 0 aliphatic heterocycles. The topological polar surface area (TPSA) is 61.8 Å². The maximum atomic E-state index is 13.0. The number of hydrogen-bond donors (Lipinski definition) is 2. The highest BCUT2D eigenvalue weighted by Gasteiger charge is 2.01. The summed E-state index contributed by atoms with van der Waals surface area (Å²) in [5, 5.41) is 11.9. The third kappa shape index (κ3) is 2.77. The van der Waals surface area contributed by atoms with Gasteiger partial charge < -0.3 is 11.1 Å². The van der Waals surface area contributed by atoms with Crippen molar-refractivity contribution in [3.8, 4) is 6.07 Å². The zero-order valence-corrected chi connectivity index (χ0v) is 9.65. The maximum absolute atomic E-state index is 13.0. The first kappa shape index (κ1) is 11.9. The Morgan fingerprint density at radius 1 is 1.22 bits per heavy atom. The molecule has 0 fully saturated rings. The van der Waals surface area contributed by atoms with Crippen molar-refractivity contribution in [3.63, 3.8) is 0 Å². The summed E-state index contributed by atoms with van der Waals surface area (Å²) in [5.74, 6) is -0.270. The number of halogens is 1. The van der Waals surface area contributed by atoms with Crippen LogP contribution in [0.3, 0.4) is 0 Å². The van der Waals surface area contributed by atoms with Crippen LogP contribution in [0.5, 0.6) is 0 Å². The van der Waals surface area contributed by atoms with E-state index in [-0.39, 0.29) is 5.82 Å². The van der Waals surface area contributed by atoms with Gasteiger partial charge in [-0.05, 0) is 35.9 Å². The second-order valence-electron chi connectivity index (χ2n) is 3.90. The lowest BCUT2D eigenvalue weighted by Crippen LogP contribution is -2.03. The van der Waals surface area contributed by atoms with E-state index in [1.165, 1.54) is 12.1 Å². The minimum absolute atomic E-state index is 0.270. The Bertz CT molecular complexity index is 602. The molecule has 0 heterocycles. The number of nitrogens with two attached hydrogens (primary N) is 1. The molecule has 0 amide bonds. The standard InChI is InChI=1S/C14H12FN3/c15-12-3-1-2-11(6-12)9-18-14-7-10(8-16)4-5-13(14)17/h1-7,18H,9,17H2. The number of anilines is 2. The number of nitriles is 1. The number of benzene rings is 2. The quantitative estimate of drug-likeness (QED) is 0.812. The van der Waals surface area contributed by atoms with Gasteiger partial charge in [-0.3, -0.25) is 0 Å². The van der Waals surface area contributed by atoms with E-state index in [2.05, 4.69) is 5.32 Å². The van der Waals surface area contributed by atoms with Crippen LogP contribution in [0.4, 0.5) is 15.8 Å². The van der Waals surface area contributed by atoms with E-state index in [0.717, 1.165) is 5.56 Å². The van der Waals surface area contributed by atoms with Crippen LogP contribution in [0, 0.1) is 17.1 Å². The first-order valence-electron chi connectivity index (χ1n) is 5.47. The van der Waals surface area contributed by atoms with Gasteiger partial charge in [-0.15, -0.1) is 0 Å². The van der Waals surface area contributed by atoms with E-state index >= 15 is 0 Å². The summed E-state index contributed by atoms with van der Waals surface area (Å²) in [6.45, 7) is 0.455. The van der Waals surface area contributed by atoms with E-state index in [1.807, 2.05) is 12.1 Å². The molecule has 3 nitrogen and oxygen atoms in total. The van der Waals surface area contributed by atoms with Crippen LogP contribution < -0.4 is 11.1 Å². The van der Waals surface area contributed by atoms with Crippen LogP contribution in [0.15, 0.2) is 42.5 Å². The number of nitrogen functional groups attached to an aromatic ring is 1. The lowest BCUT2D eigenvalue weighted by molar-refractivity contribution is 0.626. The largest absolute Gasteiger partial charge is 0.397 e. The number of hydrogen-bond acceptors (Lipinski definition) is 3. The van der Waals surface area contributed by atoms with Gasteiger partial charge in [-0.2, -0.15) is 5.26 Å². The predicted molar refractivity (Wildman–Crippen MR) is 69.3 cm³/mol. The van der Waals surface area contributed by atoms with Crippen LogP contribution in [-0.2, 0) is 6.54 Å². The van der Waals surface area contributed by atoms with E-state index in [1.54, 1.807) is 24.3 Å². The lowest BCUT2D eigenvalue weighted by Gasteiger charge is -2.09. The van der Waals surface area contributed by atoms with Gasteiger partial charge in [0, 0.05) is 6.54 Å². The van der Waals surface area contributed by atoms with Gasteiger partial charge in [0.25, 0.3) is 0 Å². The van der Waals surface area contributed by atoms with E-state index in [0.29, 0.717) is 23.5 Å². The van der Waals surface area contributed by atoms with Crippen molar-refractivity contribution >= 4 is 11.4 Å². The monoisotopic (exact) mass is 241 g/mol. The predicted octanol–water partition coefficient (Wildman–Crippen LogP) is 2.89. The molecule has 0 bridgehead atoms. The van der Waals surface area contributed by atoms with Crippen molar-refractivity contribution in [2.75, 3.05) is 11.1 Å². The molecule has 2 aromatic rings. The molecule has 0 aliphatic carbocycles. The molecule has 2 rings (SSSR count). The smallest absolute Gasteiger partial charge is 0.123 e. The van der Waals surface area contributed by atoms with Crippen molar-refractivity contribution in [1.29, 1.82) is 5.26 Å². The zero-order chi connectivity index (χ0) is 13.0. The molecule has 90 valence electrons. The van der Waals surface area contributed by atoms with Crippen LogP contribution in [0.2, 0.25) is 0 Å². The minimum Gasteiger partial charge on any atom is -0.397 e. The summed E-state index contributed by atoms with van der Waals surface area (Å²) < 4.78 is 13.0. The molecule has 0 spiro atoms. The third-order valence-corrected chi connectivity index (χ3v) is 2.55. The molecular weight excluding hydrogens is 229 g/mol. The number of nitrogens with one attached hydrogen (secondary N) is 1. The fraction of sp³-hybridized carbons (Fsp3) is 0.0714. The molecule has 2 aromatic carbocycles. The van der Waals surface area contributed by atoms with Gasteiger partial charge in [-0.25, -0.2) is 4.39 Å². The fourth-order valence-corrected chi connectivity index (χ4v) is 1.62. The summed E-state index contributed by atoms with van der Waals surface area (Å²) >= 11 is 0. The summed E-state index contributed by atoms with van der Waals surface area (Å²) in [6.07, 6.45) is 0. The normalized spacial score (nSPS) is 9.78. The van der Waals surface area contributed by atoms with Crippen molar-refractivity contribution in [3.05, 3.63) is 59.4 Å². The minimum atomic E-state index is -0.270. The molecule has 0 saturated carbocycles. The van der Waals surface area contributed by atoms with Crippen LogP contribution in [-0.4, -0.2) is 0 Å². The molecular formula is C14H12FN3. The van der Waals surface area contributed by atoms with Crippen molar-refractivity contribution in [2.45, 2.75) is 6.54 Å². The molecule has 3 N–H and O–H groups in total. The molecule has 4 heteroatoms. The van der Waals surface area contributed by atoms with Gasteiger partial charge in [0.2, 0.25) is 0 Å². The highest BCUT2D eigenvalue weighted by molar-refractivity contribution is 5.68. The molecule has 0 aliphatic rings. The average molecular weight is 241 g/mol. The van der Waals surface area contributed by atoms with Crippen molar-refractivity contribution < 1.29 is 4.39 Å². The Morgan fingerprint density at radius 3 is 2.78 bits per heavy atom. The second kappa shape index (κ2) is 5.19. The fourth-order valence-electron chi connectivity index (χ4n) is 1.62. The van der Waals surface area contributed by atoms with Crippen LogP contribution >= 0.6 is 0 Å². The summed E-state index contributed by atoms with van der Waals surface area (Å²) in [4.78, 5) is 0. The third-order valence-electron chi connectivity index (χ3n) is 2.55. The van der Waals surface area contributed by atoms with Crippen LogP contribution in [0.25, 0.3) is 0 Å². The summed E-state index contributed by atoms with van der Waals surface area (Å²) in [5.41, 5.74) is 8.38. The molecule has 0 unspecified atom stereocenters. The Balaban J connectivity index is 2.13.